The zero-order valence-electron chi connectivity index (χ0n) is 22.2. The lowest BCUT2D eigenvalue weighted by Crippen LogP contribution is -2.39. The SMILES string of the molecule is CNC(=O)c1ccc2nn(CC3CCN(C(=O)c4ccc(Oc5ccc(C(F)(F)F)cc5)cc4)CC3)cc2c1C. The fourth-order valence-corrected chi connectivity index (χ4v) is 5.03. The Labute approximate surface area is 229 Å². The van der Waals surface area contributed by atoms with Crippen LogP contribution >= 0.6 is 0 Å². The van der Waals surface area contributed by atoms with E-state index in [2.05, 4.69) is 5.32 Å². The maximum atomic E-state index is 13.1. The first-order valence-corrected chi connectivity index (χ1v) is 13.1. The summed E-state index contributed by atoms with van der Waals surface area (Å²) in [5, 5.41) is 8.32. The topological polar surface area (TPSA) is 76.5 Å². The largest absolute Gasteiger partial charge is 0.457 e. The molecule has 5 rings (SSSR count). The third-order valence-corrected chi connectivity index (χ3v) is 7.34. The smallest absolute Gasteiger partial charge is 0.416 e. The quantitative estimate of drug-likeness (QED) is 0.316. The average molecular weight is 551 g/mol. The summed E-state index contributed by atoms with van der Waals surface area (Å²) >= 11 is 0. The van der Waals surface area contributed by atoms with Crippen LogP contribution in [0.4, 0.5) is 13.2 Å². The zero-order valence-corrected chi connectivity index (χ0v) is 22.2. The van der Waals surface area contributed by atoms with Crippen LogP contribution in [-0.4, -0.2) is 46.6 Å². The van der Waals surface area contributed by atoms with Crippen molar-refractivity contribution in [1.29, 1.82) is 0 Å². The lowest BCUT2D eigenvalue weighted by molar-refractivity contribution is -0.137. The van der Waals surface area contributed by atoms with Gasteiger partial charge in [0.15, 0.2) is 0 Å². The summed E-state index contributed by atoms with van der Waals surface area (Å²) in [6, 6.07) is 14.7. The minimum atomic E-state index is -4.40. The Morgan fingerprint density at radius 1 is 0.975 bits per heavy atom. The van der Waals surface area contributed by atoms with Crippen molar-refractivity contribution in [3.05, 3.63) is 89.1 Å². The van der Waals surface area contributed by atoms with Gasteiger partial charge in [0.05, 0.1) is 11.1 Å². The summed E-state index contributed by atoms with van der Waals surface area (Å²) in [5.41, 5.74) is 2.18. The molecule has 1 aliphatic heterocycles. The van der Waals surface area contributed by atoms with E-state index in [-0.39, 0.29) is 17.6 Å². The average Bonchev–Trinajstić information content (AvgIpc) is 3.36. The molecule has 40 heavy (non-hydrogen) atoms. The van der Waals surface area contributed by atoms with Gasteiger partial charge in [0.25, 0.3) is 11.8 Å². The second-order valence-electron chi connectivity index (χ2n) is 9.99. The highest BCUT2D eigenvalue weighted by Gasteiger charge is 2.30. The highest BCUT2D eigenvalue weighted by molar-refractivity contribution is 6.00. The van der Waals surface area contributed by atoms with Crippen LogP contribution in [0.25, 0.3) is 10.9 Å². The van der Waals surface area contributed by atoms with Gasteiger partial charge in [-0.25, -0.2) is 0 Å². The zero-order chi connectivity index (χ0) is 28.4. The molecule has 2 amide bonds. The molecule has 10 heteroatoms. The number of likely N-dealkylation sites (tertiary alicyclic amines) is 1. The van der Waals surface area contributed by atoms with E-state index in [1.807, 2.05) is 28.8 Å². The van der Waals surface area contributed by atoms with Crippen molar-refractivity contribution in [2.75, 3.05) is 20.1 Å². The van der Waals surface area contributed by atoms with Gasteiger partial charge in [-0.2, -0.15) is 18.3 Å². The Hall–Kier alpha value is -4.34. The van der Waals surface area contributed by atoms with Crippen molar-refractivity contribution in [3.63, 3.8) is 0 Å². The van der Waals surface area contributed by atoms with Gasteiger partial charge in [-0.05, 0) is 91.9 Å². The summed E-state index contributed by atoms with van der Waals surface area (Å²) in [4.78, 5) is 27.0. The number of nitrogens with zero attached hydrogens (tertiary/aromatic N) is 3. The van der Waals surface area contributed by atoms with Gasteiger partial charge in [0, 0.05) is 49.4 Å². The molecule has 0 radical (unpaired) electrons. The van der Waals surface area contributed by atoms with Gasteiger partial charge in [0.2, 0.25) is 0 Å². The van der Waals surface area contributed by atoms with E-state index in [4.69, 9.17) is 9.84 Å². The Morgan fingerprint density at radius 2 is 1.60 bits per heavy atom. The number of piperidine rings is 1. The minimum Gasteiger partial charge on any atom is -0.457 e. The first-order valence-electron chi connectivity index (χ1n) is 13.1. The van der Waals surface area contributed by atoms with Crippen LogP contribution in [0.5, 0.6) is 11.5 Å². The summed E-state index contributed by atoms with van der Waals surface area (Å²) < 4.78 is 45.8. The van der Waals surface area contributed by atoms with Gasteiger partial charge >= 0.3 is 6.18 Å². The van der Waals surface area contributed by atoms with E-state index >= 15 is 0 Å². The first-order chi connectivity index (χ1) is 19.1. The van der Waals surface area contributed by atoms with E-state index in [1.165, 1.54) is 12.1 Å². The predicted molar refractivity (Wildman–Crippen MR) is 144 cm³/mol. The molecule has 0 atom stereocenters. The Balaban J connectivity index is 1.15. The molecule has 1 fully saturated rings. The van der Waals surface area contributed by atoms with Crippen LogP contribution < -0.4 is 10.1 Å². The molecule has 7 nitrogen and oxygen atoms in total. The Morgan fingerprint density at radius 3 is 2.20 bits per heavy atom. The lowest BCUT2D eigenvalue weighted by Gasteiger charge is -2.32. The number of amides is 2. The molecule has 1 saturated heterocycles. The standard InChI is InChI=1S/C30H29F3N4O3/c1-19-25(28(38)34-2)11-12-27-26(19)18-37(35-27)17-20-13-15-36(16-14-20)29(39)21-3-7-23(8-4-21)40-24-9-5-22(6-10-24)30(31,32)33/h3-12,18,20H,13-17H2,1-2H3,(H,34,38). The molecular formula is C30H29F3N4O3. The monoisotopic (exact) mass is 550 g/mol. The second kappa shape index (κ2) is 11.0. The lowest BCUT2D eigenvalue weighted by atomic mass is 9.96. The van der Waals surface area contributed by atoms with Crippen LogP contribution in [-0.2, 0) is 12.7 Å². The molecule has 1 N–H and O–H groups in total. The fraction of sp³-hybridized carbons (Fsp3) is 0.300. The number of carbonyl (C=O) groups is 2. The predicted octanol–water partition coefficient (Wildman–Crippen LogP) is 6.07. The van der Waals surface area contributed by atoms with Gasteiger partial charge in [-0.1, -0.05) is 0 Å². The molecule has 1 aliphatic rings. The Kier molecular flexibility index (Phi) is 7.51. The summed E-state index contributed by atoms with van der Waals surface area (Å²) in [5.74, 6) is 0.893. The van der Waals surface area contributed by atoms with Crippen molar-refractivity contribution in [3.8, 4) is 11.5 Å². The van der Waals surface area contributed by atoms with Crippen molar-refractivity contribution in [1.82, 2.24) is 20.0 Å². The van der Waals surface area contributed by atoms with Crippen molar-refractivity contribution in [2.45, 2.75) is 32.5 Å². The molecule has 208 valence electrons. The number of aromatic nitrogens is 2. The highest BCUT2D eigenvalue weighted by Crippen LogP contribution is 2.31. The maximum absolute atomic E-state index is 13.1. The van der Waals surface area contributed by atoms with Gasteiger partial charge < -0.3 is 15.0 Å². The van der Waals surface area contributed by atoms with E-state index in [9.17, 15) is 22.8 Å². The highest BCUT2D eigenvalue weighted by atomic mass is 19.4. The number of halogens is 3. The van der Waals surface area contributed by atoms with Crippen LogP contribution in [0, 0.1) is 12.8 Å². The van der Waals surface area contributed by atoms with E-state index in [1.54, 1.807) is 37.4 Å². The molecule has 0 unspecified atom stereocenters. The van der Waals surface area contributed by atoms with Crippen LogP contribution in [0.3, 0.4) is 0 Å². The minimum absolute atomic E-state index is 0.0679. The number of rotatable bonds is 6. The number of ether oxygens (including phenoxy) is 1. The third kappa shape index (κ3) is 5.80. The van der Waals surface area contributed by atoms with Gasteiger partial charge in [0.1, 0.15) is 11.5 Å². The number of nitrogens with one attached hydrogen (secondary N) is 1. The summed E-state index contributed by atoms with van der Waals surface area (Å²) in [6.45, 7) is 3.93. The number of aryl methyl sites for hydroxylation is 1. The summed E-state index contributed by atoms with van der Waals surface area (Å²) in [7, 11) is 1.61. The molecular weight excluding hydrogens is 521 g/mol. The van der Waals surface area contributed by atoms with Crippen LogP contribution in [0.2, 0.25) is 0 Å². The molecule has 0 spiro atoms. The van der Waals surface area contributed by atoms with Gasteiger partial charge in [-0.3, -0.25) is 14.3 Å². The molecule has 0 saturated carbocycles. The van der Waals surface area contributed by atoms with Crippen LogP contribution in [0.1, 0.15) is 44.7 Å². The molecule has 0 bridgehead atoms. The van der Waals surface area contributed by atoms with Gasteiger partial charge in [-0.15, -0.1) is 0 Å². The number of fused-ring (bicyclic) bond motifs is 1. The Bertz CT molecular complexity index is 1520. The van der Waals surface area contributed by atoms with Crippen molar-refractivity contribution >= 4 is 22.7 Å². The summed E-state index contributed by atoms with van der Waals surface area (Å²) in [6.07, 6.45) is -0.719. The number of hydrogen-bond donors (Lipinski definition) is 1. The number of benzene rings is 3. The molecule has 2 heterocycles. The third-order valence-electron chi connectivity index (χ3n) is 7.34. The van der Waals surface area contributed by atoms with Crippen molar-refractivity contribution < 1.29 is 27.5 Å². The van der Waals surface area contributed by atoms with E-state index < -0.39 is 11.7 Å². The van der Waals surface area contributed by atoms with Crippen LogP contribution in [0.15, 0.2) is 66.9 Å². The second-order valence-corrected chi connectivity index (χ2v) is 9.99. The number of carbonyl (C=O) groups excluding carboxylic acids is 2. The number of alkyl halides is 3. The molecule has 1 aromatic heterocycles. The molecule has 0 aliphatic carbocycles. The first kappa shape index (κ1) is 27.2. The van der Waals surface area contributed by atoms with Crippen molar-refractivity contribution in [2.24, 2.45) is 5.92 Å². The fourth-order valence-electron chi connectivity index (χ4n) is 5.03. The van der Waals surface area contributed by atoms with E-state index in [0.717, 1.165) is 48.0 Å². The molecule has 3 aromatic carbocycles. The van der Waals surface area contributed by atoms with E-state index in [0.29, 0.717) is 35.9 Å². The normalized spacial score (nSPS) is 14.4. The molecule has 4 aromatic rings. The maximum Gasteiger partial charge on any atom is 0.416 e. The number of hydrogen-bond acceptors (Lipinski definition) is 4.